The van der Waals surface area contributed by atoms with Crippen LogP contribution in [0.15, 0.2) is 54.6 Å². The second-order valence-corrected chi connectivity index (χ2v) is 8.94. The molecule has 2 atom stereocenters. The highest BCUT2D eigenvalue weighted by Gasteiger charge is 2.38. The Hall–Kier alpha value is -3.35. The first-order valence-corrected chi connectivity index (χ1v) is 11.7. The van der Waals surface area contributed by atoms with Crippen molar-refractivity contribution in [2.24, 2.45) is 11.7 Å². The number of nitrogens with zero attached hydrogens (tertiary/aromatic N) is 1. The molecular weight excluding hydrogens is 418 g/mol. The van der Waals surface area contributed by atoms with Gasteiger partial charge in [-0.2, -0.15) is 0 Å². The fourth-order valence-corrected chi connectivity index (χ4v) is 4.89. The number of nitrogens with one attached hydrogen (secondary N) is 1. The first kappa shape index (κ1) is 22.8. The molecule has 2 aromatic carbocycles. The van der Waals surface area contributed by atoms with Crippen LogP contribution in [0.25, 0.3) is 0 Å². The van der Waals surface area contributed by atoms with Crippen LogP contribution in [-0.4, -0.2) is 34.9 Å². The lowest BCUT2D eigenvalue weighted by Crippen LogP contribution is -2.58. The maximum absolute atomic E-state index is 13.4. The van der Waals surface area contributed by atoms with Crippen molar-refractivity contribution < 1.29 is 19.1 Å². The average molecular weight is 450 g/mol. The lowest BCUT2D eigenvalue weighted by molar-refractivity contribution is -0.132. The van der Waals surface area contributed by atoms with Crippen LogP contribution in [0.2, 0.25) is 0 Å². The molecule has 2 aromatic rings. The summed E-state index contributed by atoms with van der Waals surface area (Å²) >= 11 is 0. The number of benzene rings is 2. The lowest BCUT2D eigenvalue weighted by Gasteiger charge is -2.37. The minimum Gasteiger partial charge on any atom is -0.445 e. The number of carbonyl (C=O) groups excluding carboxylic acids is 3. The van der Waals surface area contributed by atoms with E-state index in [0.717, 1.165) is 48.8 Å². The summed E-state index contributed by atoms with van der Waals surface area (Å²) in [6.07, 6.45) is 4.73. The molecule has 33 heavy (non-hydrogen) atoms. The van der Waals surface area contributed by atoms with Gasteiger partial charge in [0, 0.05) is 6.42 Å². The van der Waals surface area contributed by atoms with Gasteiger partial charge in [0.1, 0.15) is 18.7 Å². The van der Waals surface area contributed by atoms with Crippen LogP contribution >= 0.6 is 0 Å². The van der Waals surface area contributed by atoms with Gasteiger partial charge in [-0.3, -0.25) is 14.5 Å². The molecule has 1 heterocycles. The van der Waals surface area contributed by atoms with Crippen molar-refractivity contribution in [3.63, 3.8) is 0 Å². The van der Waals surface area contributed by atoms with Gasteiger partial charge in [0.05, 0.1) is 6.54 Å². The molecule has 1 aliphatic carbocycles. The number of ether oxygens (including phenoxy) is 1. The predicted molar refractivity (Wildman–Crippen MR) is 124 cm³/mol. The van der Waals surface area contributed by atoms with E-state index in [1.165, 1.54) is 4.90 Å². The normalized spacial score (nSPS) is 19.3. The number of primary amides is 1. The fraction of sp³-hybridized carbons (Fsp3) is 0.423. The molecule has 7 nitrogen and oxygen atoms in total. The Bertz CT molecular complexity index is 988. The summed E-state index contributed by atoms with van der Waals surface area (Å²) < 4.78 is 5.55. The van der Waals surface area contributed by atoms with Crippen molar-refractivity contribution in [3.05, 3.63) is 71.3 Å². The third-order valence-corrected chi connectivity index (χ3v) is 6.72. The summed E-state index contributed by atoms with van der Waals surface area (Å²) in [5.41, 5.74) is 8.54. The van der Waals surface area contributed by atoms with E-state index in [-0.39, 0.29) is 25.0 Å². The Morgan fingerprint density at radius 3 is 2.33 bits per heavy atom. The zero-order valence-electron chi connectivity index (χ0n) is 18.7. The predicted octanol–water partition coefficient (Wildman–Crippen LogP) is 3.30. The maximum Gasteiger partial charge on any atom is 0.411 e. The molecule has 0 bridgehead atoms. The largest absolute Gasteiger partial charge is 0.445 e. The molecule has 3 N–H and O–H groups in total. The number of fused-ring (bicyclic) bond motifs is 1. The fourth-order valence-electron chi connectivity index (χ4n) is 4.89. The van der Waals surface area contributed by atoms with Crippen molar-refractivity contribution >= 4 is 17.9 Å². The number of carbonyl (C=O) groups is 3. The van der Waals surface area contributed by atoms with Gasteiger partial charge in [-0.15, -0.1) is 0 Å². The second-order valence-electron chi connectivity index (χ2n) is 8.94. The van der Waals surface area contributed by atoms with Crippen molar-refractivity contribution in [2.45, 2.75) is 63.8 Å². The highest BCUT2D eigenvalue weighted by atomic mass is 16.6. The Kier molecular flexibility index (Phi) is 7.27. The Balaban J connectivity index is 1.51. The molecule has 3 amide bonds. The highest BCUT2D eigenvalue weighted by Crippen LogP contribution is 2.28. The van der Waals surface area contributed by atoms with Crippen LogP contribution in [0.1, 0.15) is 48.8 Å². The van der Waals surface area contributed by atoms with Gasteiger partial charge in [0.15, 0.2) is 0 Å². The smallest absolute Gasteiger partial charge is 0.411 e. The van der Waals surface area contributed by atoms with Crippen molar-refractivity contribution in [3.8, 4) is 0 Å². The van der Waals surface area contributed by atoms with Crippen LogP contribution in [0.4, 0.5) is 4.79 Å². The van der Waals surface area contributed by atoms with Crippen molar-refractivity contribution in [2.75, 3.05) is 0 Å². The van der Waals surface area contributed by atoms with E-state index in [1.54, 1.807) is 0 Å². The molecule has 1 aliphatic heterocycles. The quantitative estimate of drug-likeness (QED) is 0.706. The van der Waals surface area contributed by atoms with Crippen LogP contribution in [0.5, 0.6) is 0 Å². The monoisotopic (exact) mass is 449 g/mol. The van der Waals surface area contributed by atoms with E-state index in [4.69, 9.17) is 10.5 Å². The number of hydrogen-bond acceptors (Lipinski definition) is 4. The van der Waals surface area contributed by atoms with Gasteiger partial charge in [0.25, 0.3) is 0 Å². The number of nitrogens with two attached hydrogens (primary N) is 1. The van der Waals surface area contributed by atoms with E-state index in [2.05, 4.69) is 5.32 Å². The zero-order valence-corrected chi connectivity index (χ0v) is 18.7. The van der Waals surface area contributed by atoms with E-state index < -0.39 is 24.1 Å². The minimum atomic E-state index is -0.770. The van der Waals surface area contributed by atoms with E-state index in [1.807, 2.05) is 54.6 Å². The molecule has 0 spiro atoms. The van der Waals surface area contributed by atoms with Gasteiger partial charge in [0.2, 0.25) is 11.8 Å². The highest BCUT2D eigenvalue weighted by molar-refractivity contribution is 5.91. The molecule has 4 rings (SSSR count). The molecule has 0 radical (unpaired) electrons. The van der Waals surface area contributed by atoms with Gasteiger partial charge in [-0.1, -0.05) is 73.9 Å². The maximum atomic E-state index is 13.4. The molecule has 2 aliphatic rings. The van der Waals surface area contributed by atoms with E-state index in [0.29, 0.717) is 6.42 Å². The third-order valence-electron chi connectivity index (χ3n) is 6.72. The van der Waals surface area contributed by atoms with Gasteiger partial charge < -0.3 is 15.8 Å². The van der Waals surface area contributed by atoms with Crippen LogP contribution in [0, 0.1) is 5.92 Å². The molecule has 0 saturated heterocycles. The third kappa shape index (κ3) is 5.53. The molecular formula is C26H31N3O4. The summed E-state index contributed by atoms with van der Waals surface area (Å²) in [6.45, 7) is 0.394. The van der Waals surface area contributed by atoms with Crippen LogP contribution in [-0.2, 0) is 33.9 Å². The molecule has 1 saturated carbocycles. The van der Waals surface area contributed by atoms with E-state index >= 15 is 0 Å². The Morgan fingerprint density at radius 2 is 1.64 bits per heavy atom. The number of amides is 3. The van der Waals surface area contributed by atoms with Gasteiger partial charge in [-0.25, -0.2) is 4.79 Å². The minimum absolute atomic E-state index is 0.0366. The van der Waals surface area contributed by atoms with Crippen LogP contribution < -0.4 is 11.1 Å². The molecule has 0 aromatic heterocycles. The lowest BCUT2D eigenvalue weighted by atomic mass is 9.83. The SMILES string of the molecule is NC(=O)[C@H](NC(=O)[C@@H]1Cc2ccccc2CN1C(=O)OCc1ccccc1)C1CCCCC1. The van der Waals surface area contributed by atoms with Gasteiger partial charge >= 0.3 is 6.09 Å². The summed E-state index contributed by atoms with van der Waals surface area (Å²) in [5, 5.41) is 2.88. The standard InChI is InChI=1S/C26H31N3O4/c27-24(30)23(19-11-5-2-6-12-19)28-25(31)22-15-20-13-7-8-14-21(20)16-29(22)26(32)33-17-18-9-3-1-4-10-18/h1,3-4,7-10,13-14,19,22-23H,2,5-6,11-12,15-17H2,(H2,27,30)(H,28,31)/t22-,23+/m0/s1. The first-order valence-electron chi connectivity index (χ1n) is 11.7. The summed E-state index contributed by atoms with van der Waals surface area (Å²) in [7, 11) is 0. The van der Waals surface area contributed by atoms with Crippen LogP contribution in [0.3, 0.4) is 0 Å². The first-order chi connectivity index (χ1) is 16.0. The number of rotatable bonds is 6. The molecule has 1 fully saturated rings. The average Bonchev–Trinajstić information content (AvgIpc) is 2.85. The number of hydrogen-bond donors (Lipinski definition) is 2. The molecule has 0 unspecified atom stereocenters. The topological polar surface area (TPSA) is 102 Å². The zero-order chi connectivity index (χ0) is 23.2. The van der Waals surface area contributed by atoms with E-state index in [9.17, 15) is 14.4 Å². The second kappa shape index (κ2) is 10.5. The summed E-state index contributed by atoms with van der Waals surface area (Å²) in [4.78, 5) is 40.1. The Labute approximate surface area is 194 Å². The van der Waals surface area contributed by atoms with Crippen molar-refractivity contribution in [1.29, 1.82) is 0 Å². The van der Waals surface area contributed by atoms with Crippen molar-refractivity contribution in [1.82, 2.24) is 10.2 Å². The Morgan fingerprint density at radius 1 is 0.970 bits per heavy atom. The summed E-state index contributed by atoms with van der Waals surface area (Å²) in [6, 6.07) is 15.7. The van der Waals surface area contributed by atoms with Gasteiger partial charge in [-0.05, 0) is 35.4 Å². The molecule has 174 valence electrons. The summed E-state index contributed by atoms with van der Waals surface area (Å²) in [5.74, 6) is -0.852. The molecule has 7 heteroatoms.